The summed E-state index contributed by atoms with van der Waals surface area (Å²) in [5.41, 5.74) is 1.53. The maximum Gasteiger partial charge on any atom is 0.264 e. The molecule has 224 valence electrons. The molecule has 1 aliphatic carbocycles. The number of amides is 2. The van der Waals surface area contributed by atoms with Crippen LogP contribution in [0.4, 0.5) is 10.1 Å². The van der Waals surface area contributed by atoms with Gasteiger partial charge in [-0.1, -0.05) is 66.7 Å². The Balaban J connectivity index is 1.73. The highest BCUT2D eigenvalue weighted by molar-refractivity contribution is 7.92. The van der Waals surface area contributed by atoms with Crippen molar-refractivity contribution in [2.45, 2.75) is 69.5 Å². The fourth-order valence-electron chi connectivity index (χ4n) is 5.09. The van der Waals surface area contributed by atoms with Crippen molar-refractivity contribution in [2.75, 3.05) is 10.8 Å². The van der Waals surface area contributed by atoms with E-state index in [1.54, 1.807) is 37.3 Å². The van der Waals surface area contributed by atoms with E-state index in [1.807, 2.05) is 6.92 Å². The number of carbonyl (C=O) groups excluding carboxylic acids is 2. The zero-order valence-corrected chi connectivity index (χ0v) is 25.9. The Hall–Kier alpha value is -3.14. The molecule has 4 rings (SSSR count). The smallest absolute Gasteiger partial charge is 0.264 e. The zero-order valence-electron chi connectivity index (χ0n) is 23.5. The minimum atomic E-state index is -4.25. The molecule has 3 aromatic rings. The Bertz CT molecular complexity index is 1510. The molecule has 2 amide bonds. The molecule has 1 saturated carbocycles. The summed E-state index contributed by atoms with van der Waals surface area (Å²) in [7, 11) is -4.25. The van der Waals surface area contributed by atoms with Gasteiger partial charge < -0.3 is 10.2 Å². The van der Waals surface area contributed by atoms with E-state index in [-0.39, 0.29) is 35.5 Å². The van der Waals surface area contributed by atoms with Gasteiger partial charge >= 0.3 is 0 Å². The van der Waals surface area contributed by atoms with Gasteiger partial charge in [-0.2, -0.15) is 0 Å². The second-order valence-electron chi connectivity index (χ2n) is 10.5. The van der Waals surface area contributed by atoms with E-state index in [9.17, 15) is 22.4 Å². The molecule has 0 aliphatic heterocycles. The van der Waals surface area contributed by atoms with Crippen LogP contribution in [-0.2, 0) is 26.2 Å². The van der Waals surface area contributed by atoms with Crippen LogP contribution in [0.2, 0.25) is 10.0 Å². The van der Waals surface area contributed by atoms with Gasteiger partial charge in [-0.05, 0) is 80.3 Å². The maximum atomic E-state index is 14.1. The number of hydrogen-bond acceptors (Lipinski definition) is 4. The monoisotopic (exact) mass is 633 g/mol. The van der Waals surface area contributed by atoms with E-state index in [2.05, 4.69) is 5.32 Å². The molecule has 1 atom stereocenters. The molecule has 1 N–H and O–H groups in total. The lowest BCUT2D eigenvalue weighted by molar-refractivity contribution is -0.140. The Kier molecular flexibility index (Phi) is 10.5. The molecule has 0 bridgehead atoms. The third-order valence-electron chi connectivity index (χ3n) is 7.45. The molecule has 3 aromatic carbocycles. The van der Waals surface area contributed by atoms with Crippen molar-refractivity contribution in [3.8, 4) is 0 Å². The molecular weight excluding hydrogens is 600 g/mol. The van der Waals surface area contributed by atoms with Crippen LogP contribution in [0.15, 0.2) is 71.6 Å². The highest BCUT2D eigenvalue weighted by Crippen LogP contribution is 2.27. The summed E-state index contributed by atoms with van der Waals surface area (Å²) in [4.78, 5) is 29.0. The lowest BCUT2D eigenvalue weighted by Crippen LogP contribution is -2.53. The Labute approximate surface area is 256 Å². The number of nitrogens with one attached hydrogen (secondary N) is 1. The van der Waals surface area contributed by atoms with Crippen molar-refractivity contribution in [3.05, 3.63) is 93.7 Å². The Morgan fingerprint density at radius 3 is 2.24 bits per heavy atom. The molecule has 0 heterocycles. The molecule has 0 aromatic heterocycles. The van der Waals surface area contributed by atoms with E-state index in [0.717, 1.165) is 47.7 Å². The molecule has 1 aliphatic rings. The molecular formula is C31H34Cl2FN3O4S. The van der Waals surface area contributed by atoms with Crippen molar-refractivity contribution in [2.24, 2.45) is 0 Å². The van der Waals surface area contributed by atoms with Crippen molar-refractivity contribution in [1.29, 1.82) is 0 Å². The number of halogens is 3. The normalized spacial score (nSPS) is 14.4. The first kappa shape index (κ1) is 31.8. The minimum Gasteiger partial charge on any atom is -0.352 e. The third-order valence-corrected chi connectivity index (χ3v) is 9.82. The van der Waals surface area contributed by atoms with E-state index >= 15 is 0 Å². The number of carbonyl (C=O) groups is 2. The number of sulfonamides is 1. The van der Waals surface area contributed by atoms with Crippen molar-refractivity contribution in [1.82, 2.24) is 10.2 Å². The molecule has 0 spiro atoms. The highest BCUT2D eigenvalue weighted by atomic mass is 35.5. The van der Waals surface area contributed by atoms with E-state index in [4.69, 9.17) is 23.2 Å². The summed E-state index contributed by atoms with van der Waals surface area (Å²) >= 11 is 12.5. The number of benzene rings is 3. The van der Waals surface area contributed by atoms with Crippen LogP contribution in [0.1, 0.15) is 50.2 Å². The highest BCUT2D eigenvalue weighted by Gasteiger charge is 2.35. The molecule has 1 unspecified atom stereocenters. The van der Waals surface area contributed by atoms with E-state index in [0.29, 0.717) is 15.6 Å². The molecule has 0 saturated heterocycles. The average molecular weight is 635 g/mol. The van der Waals surface area contributed by atoms with E-state index < -0.39 is 34.3 Å². The lowest BCUT2D eigenvalue weighted by Gasteiger charge is -2.34. The zero-order chi connectivity index (χ0) is 30.4. The lowest BCUT2D eigenvalue weighted by atomic mass is 10.1. The maximum absolute atomic E-state index is 14.1. The summed E-state index contributed by atoms with van der Waals surface area (Å²) in [6.45, 7) is 2.95. The third kappa shape index (κ3) is 7.62. The summed E-state index contributed by atoms with van der Waals surface area (Å²) in [6.07, 6.45) is 4.07. The summed E-state index contributed by atoms with van der Waals surface area (Å²) in [6, 6.07) is 15.1. The quantitative estimate of drug-likeness (QED) is 0.261. The van der Waals surface area contributed by atoms with Gasteiger partial charge in [-0.3, -0.25) is 13.9 Å². The first-order valence-corrected chi connectivity index (χ1v) is 16.1. The molecule has 0 radical (unpaired) electrons. The second kappa shape index (κ2) is 13.9. The van der Waals surface area contributed by atoms with Crippen molar-refractivity contribution < 1.29 is 22.4 Å². The van der Waals surface area contributed by atoms with Gasteiger partial charge in [0, 0.05) is 22.6 Å². The van der Waals surface area contributed by atoms with Crippen LogP contribution in [-0.4, -0.2) is 43.8 Å². The summed E-state index contributed by atoms with van der Waals surface area (Å²) < 4.78 is 42.5. The van der Waals surface area contributed by atoms with Gasteiger partial charge in [-0.15, -0.1) is 0 Å². The Morgan fingerprint density at radius 1 is 1.00 bits per heavy atom. The SMILES string of the molecule is CCC(C(=O)NC1CCCC1)N(Cc1ccc(Cl)cc1Cl)C(=O)CN(c1ccc(F)cc1)S(=O)(=O)c1ccc(C)cc1. The van der Waals surface area contributed by atoms with Gasteiger partial charge in [0.1, 0.15) is 18.4 Å². The van der Waals surface area contributed by atoms with Crippen LogP contribution >= 0.6 is 23.2 Å². The van der Waals surface area contributed by atoms with E-state index in [1.165, 1.54) is 29.2 Å². The summed E-state index contributed by atoms with van der Waals surface area (Å²) in [5, 5.41) is 3.80. The topological polar surface area (TPSA) is 86.8 Å². The standard InChI is InChI=1S/C31H34Cl2FN3O4S/c1-3-29(31(39)35-25-6-4-5-7-25)36(19-22-10-11-23(32)18-28(22)33)30(38)20-37(26-14-12-24(34)13-15-26)42(40,41)27-16-8-21(2)9-17-27/h8-18,25,29H,3-7,19-20H2,1-2H3,(H,35,39). The molecule has 42 heavy (non-hydrogen) atoms. The van der Waals surface area contributed by atoms with Gasteiger partial charge in [0.05, 0.1) is 10.6 Å². The average Bonchev–Trinajstić information content (AvgIpc) is 3.46. The first-order valence-electron chi connectivity index (χ1n) is 13.9. The van der Waals surface area contributed by atoms with Crippen LogP contribution < -0.4 is 9.62 Å². The molecule has 11 heteroatoms. The van der Waals surface area contributed by atoms with Gasteiger partial charge in [0.2, 0.25) is 11.8 Å². The largest absolute Gasteiger partial charge is 0.352 e. The Morgan fingerprint density at radius 2 is 1.64 bits per heavy atom. The van der Waals surface area contributed by atoms with Crippen LogP contribution in [0, 0.1) is 12.7 Å². The fourth-order valence-corrected chi connectivity index (χ4v) is 6.98. The first-order chi connectivity index (χ1) is 20.0. The fraction of sp³-hybridized carbons (Fsp3) is 0.355. The van der Waals surface area contributed by atoms with Gasteiger partial charge in [-0.25, -0.2) is 12.8 Å². The number of nitrogens with zero attached hydrogens (tertiary/aromatic N) is 2. The van der Waals surface area contributed by atoms with Crippen LogP contribution in [0.5, 0.6) is 0 Å². The molecule has 7 nitrogen and oxygen atoms in total. The predicted octanol–water partition coefficient (Wildman–Crippen LogP) is 6.50. The molecule has 1 fully saturated rings. The van der Waals surface area contributed by atoms with Crippen LogP contribution in [0.25, 0.3) is 0 Å². The van der Waals surface area contributed by atoms with Gasteiger partial charge in [0.15, 0.2) is 0 Å². The number of hydrogen-bond donors (Lipinski definition) is 1. The predicted molar refractivity (Wildman–Crippen MR) is 164 cm³/mol. The number of anilines is 1. The van der Waals surface area contributed by atoms with Gasteiger partial charge in [0.25, 0.3) is 10.0 Å². The number of rotatable bonds is 11. The van der Waals surface area contributed by atoms with Crippen LogP contribution in [0.3, 0.4) is 0 Å². The van der Waals surface area contributed by atoms with Crippen molar-refractivity contribution in [3.63, 3.8) is 0 Å². The minimum absolute atomic E-state index is 0.0245. The van der Waals surface area contributed by atoms with Crippen molar-refractivity contribution >= 4 is 50.7 Å². The second-order valence-corrected chi connectivity index (χ2v) is 13.2. The summed E-state index contributed by atoms with van der Waals surface area (Å²) in [5.74, 6) is -1.47. The number of aryl methyl sites for hydroxylation is 1.